The molecule has 2 rings (SSSR count). The maximum atomic E-state index is 12.1. The topological polar surface area (TPSA) is 50.2 Å². The van der Waals surface area contributed by atoms with Crippen LogP contribution in [0.15, 0.2) is 30.3 Å². The minimum absolute atomic E-state index is 0.0607. The zero-order valence-electron chi connectivity index (χ0n) is 16.5. The largest absolute Gasteiger partial charge is 0.478 e. The Morgan fingerprint density at radius 3 is 2.00 bits per heavy atom. The molecule has 0 saturated carbocycles. The highest BCUT2D eigenvalue weighted by atomic mass is 35.5. The van der Waals surface area contributed by atoms with Crippen molar-refractivity contribution in [3.05, 3.63) is 52.3 Å². The lowest BCUT2D eigenvalue weighted by Crippen LogP contribution is -2.18. The Balaban J connectivity index is 2.72. The van der Waals surface area contributed by atoms with Gasteiger partial charge in [0.15, 0.2) is 0 Å². The van der Waals surface area contributed by atoms with Gasteiger partial charge in [-0.25, -0.2) is 4.79 Å². The molecule has 0 atom stereocenters. The second-order valence-corrected chi connectivity index (χ2v) is 9.71. The molecule has 0 aliphatic rings. The van der Waals surface area contributed by atoms with Crippen LogP contribution in [0.2, 0.25) is 5.02 Å². The molecule has 1 N–H and O–H groups in total. The molecule has 140 valence electrons. The van der Waals surface area contributed by atoms with Crippen molar-refractivity contribution in [2.75, 3.05) is 0 Å². The summed E-state index contributed by atoms with van der Waals surface area (Å²) in [4.78, 5) is 16.9. The Kier molecular flexibility index (Phi) is 5.82. The zero-order chi connectivity index (χ0) is 19.7. The summed E-state index contributed by atoms with van der Waals surface area (Å²) in [6, 6.07) is 9.23. The van der Waals surface area contributed by atoms with E-state index in [9.17, 15) is 9.90 Å². The van der Waals surface area contributed by atoms with Crippen LogP contribution in [0.3, 0.4) is 0 Å². The molecular formula is C22H28ClNO2. The molecule has 3 nitrogen and oxygen atoms in total. The molecule has 1 heterocycles. The van der Waals surface area contributed by atoms with Gasteiger partial charge in [0, 0.05) is 10.7 Å². The van der Waals surface area contributed by atoms with Gasteiger partial charge in [-0.1, -0.05) is 65.3 Å². The quantitative estimate of drug-likeness (QED) is 0.686. The van der Waals surface area contributed by atoms with Gasteiger partial charge in [-0.3, -0.25) is 4.98 Å². The summed E-state index contributed by atoms with van der Waals surface area (Å²) in [6.45, 7) is 12.8. The number of carboxylic acids is 1. The lowest BCUT2D eigenvalue weighted by molar-refractivity contribution is 0.0695. The Morgan fingerprint density at radius 2 is 1.54 bits per heavy atom. The number of aromatic nitrogens is 1. The molecule has 1 aromatic heterocycles. The highest BCUT2D eigenvalue weighted by Gasteiger charge is 2.25. The lowest BCUT2D eigenvalue weighted by atomic mass is 9.85. The molecule has 0 bridgehead atoms. The summed E-state index contributed by atoms with van der Waals surface area (Å²) in [5.74, 6) is -0.941. The molecule has 0 radical (unpaired) electrons. The number of rotatable bonds is 4. The van der Waals surface area contributed by atoms with Crippen molar-refractivity contribution in [2.45, 2.75) is 54.4 Å². The van der Waals surface area contributed by atoms with Crippen LogP contribution in [0.25, 0.3) is 11.1 Å². The Hall–Kier alpha value is -1.87. The van der Waals surface area contributed by atoms with Crippen molar-refractivity contribution in [3.63, 3.8) is 0 Å². The van der Waals surface area contributed by atoms with Gasteiger partial charge in [0.2, 0.25) is 0 Å². The van der Waals surface area contributed by atoms with Crippen LogP contribution < -0.4 is 0 Å². The van der Waals surface area contributed by atoms with Crippen LogP contribution in [0.1, 0.15) is 63.3 Å². The normalized spacial score (nSPS) is 12.3. The fourth-order valence-electron chi connectivity index (χ4n) is 3.02. The molecule has 0 amide bonds. The molecule has 0 fully saturated rings. The molecular weight excluding hydrogens is 346 g/mol. The highest BCUT2D eigenvalue weighted by Crippen LogP contribution is 2.32. The number of nitrogens with zero attached hydrogens (tertiary/aromatic N) is 1. The number of halogens is 1. The van der Waals surface area contributed by atoms with E-state index in [1.807, 2.05) is 18.2 Å². The first-order chi connectivity index (χ1) is 11.9. The third kappa shape index (κ3) is 5.57. The summed E-state index contributed by atoms with van der Waals surface area (Å²) >= 11 is 6.01. The van der Waals surface area contributed by atoms with Gasteiger partial charge in [0.05, 0.1) is 11.3 Å². The SMILES string of the molecule is CC(C)(C)Cc1cc(-c2ccc(Cl)cc2)c(C(=O)O)c(CC(C)(C)C)n1. The van der Waals surface area contributed by atoms with E-state index >= 15 is 0 Å². The molecule has 0 saturated heterocycles. The number of benzene rings is 1. The second-order valence-electron chi connectivity index (χ2n) is 9.27. The maximum Gasteiger partial charge on any atom is 0.338 e. The molecule has 2 aromatic rings. The van der Waals surface area contributed by atoms with Crippen LogP contribution >= 0.6 is 11.6 Å². The summed E-state index contributed by atoms with van der Waals surface area (Å²) in [6.07, 6.45) is 1.39. The fraction of sp³-hybridized carbons (Fsp3) is 0.455. The van der Waals surface area contributed by atoms with E-state index in [2.05, 4.69) is 41.5 Å². The third-order valence-electron chi connectivity index (χ3n) is 3.93. The first-order valence-corrected chi connectivity index (χ1v) is 9.25. The Bertz CT molecular complexity index is 797. The van der Waals surface area contributed by atoms with Crippen LogP contribution in [-0.4, -0.2) is 16.1 Å². The van der Waals surface area contributed by atoms with Crippen LogP contribution in [0.4, 0.5) is 0 Å². The van der Waals surface area contributed by atoms with Crippen molar-refractivity contribution >= 4 is 17.6 Å². The molecule has 0 aliphatic carbocycles. The molecule has 0 spiro atoms. The van der Waals surface area contributed by atoms with Gasteiger partial charge in [-0.2, -0.15) is 0 Å². The van der Waals surface area contributed by atoms with E-state index in [1.165, 1.54) is 0 Å². The summed E-state index contributed by atoms with van der Waals surface area (Å²) in [7, 11) is 0. The van der Waals surface area contributed by atoms with E-state index in [1.54, 1.807) is 12.1 Å². The van der Waals surface area contributed by atoms with Crippen molar-refractivity contribution in [1.82, 2.24) is 4.98 Å². The summed E-state index contributed by atoms with van der Waals surface area (Å²) < 4.78 is 0. The Morgan fingerprint density at radius 1 is 1.00 bits per heavy atom. The molecule has 26 heavy (non-hydrogen) atoms. The zero-order valence-corrected chi connectivity index (χ0v) is 17.2. The number of pyridine rings is 1. The van der Waals surface area contributed by atoms with Gasteiger partial charge in [0.1, 0.15) is 0 Å². The number of aromatic carboxylic acids is 1. The van der Waals surface area contributed by atoms with E-state index < -0.39 is 5.97 Å². The predicted octanol–water partition coefficient (Wildman–Crippen LogP) is 6.28. The molecule has 0 aliphatic heterocycles. The van der Waals surface area contributed by atoms with Crippen molar-refractivity contribution in [3.8, 4) is 11.1 Å². The fourth-order valence-corrected chi connectivity index (χ4v) is 3.14. The van der Waals surface area contributed by atoms with Gasteiger partial charge in [0.25, 0.3) is 0 Å². The second kappa shape index (κ2) is 7.40. The minimum atomic E-state index is -0.941. The van der Waals surface area contributed by atoms with E-state index in [0.717, 1.165) is 17.7 Å². The monoisotopic (exact) mass is 373 g/mol. The van der Waals surface area contributed by atoms with E-state index in [0.29, 0.717) is 28.3 Å². The highest BCUT2D eigenvalue weighted by molar-refractivity contribution is 6.30. The van der Waals surface area contributed by atoms with Crippen molar-refractivity contribution in [1.29, 1.82) is 0 Å². The Labute approximate surface area is 161 Å². The first kappa shape index (κ1) is 20.4. The molecule has 1 aromatic carbocycles. The van der Waals surface area contributed by atoms with Crippen molar-refractivity contribution < 1.29 is 9.90 Å². The predicted molar refractivity (Wildman–Crippen MR) is 108 cm³/mol. The van der Waals surface area contributed by atoms with Gasteiger partial charge in [-0.15, -0.1) is 0 Å². The number of carboxylic acid groups (broad SMARTS) is 1. The van der Waals surface area contributed by atoms with Crippen LogP contribution in [-0.2, 0) is 12.8 Å². The first-order valence-electron chi connectivity index (χ1n) is 8.88. The molecule has 4 heteroatoms. The lowest BCUT2D eigenvalue weighted by Gasteiger charge is -2.23. The van der Waals surface area contributed by atoms with Gasteiger partial charge >= 0.3 is 5.97 Å². The smallest absolute Gasteiger partial charge is 0.338 e. The van der Waals surface area contributed by atoms with Gasteiger partial charge < -0.3 is 5.11 Å². The van der Waals surface area contributed by atoms with Crippen LogP contribution in [0, 0.1) is 10.8 Å². The number of hydrogen-bond donors (Lipinski definition) is 1. The van der Waals surface area contributed by atoms with E-state index in [4.69, 9.17) is 16.6 Å². The average Bonchev–Trinajstić information content (AvgIpc) is 2.43. The summed E-state index contributed by atoms with van der Waals surface area (Å²) in [5, 5.41) is 10.5. The minimum Gasteiger partial charge on any atom is -0.478 e. The summed E-state index contributed by atoms with van der Waals surface area (Å²) in [5.41, 5.74) is 3.42. The number of hydrogen-bond acceptors (Lipinski definition) is 2. The molecule has 0 unspecified atom stereocenters. The standard InChI is InChI=1S/C22H28ClNO2/c1-21(2,3)12-16-11-17(14-7-9-15(23)10-8-14)19(20(25)26)18(24-16)13-22(4,5)6/h7-11H,12-13H2,1-6H3,(H,25,26). The number of carbonyl (C=O) groups is 1. The van der Waals surface area contributed by atoms with E-state index in [-0.39, 0.29) is 10.8 Å². The third-order valence-corrected chi connectivity index (χ3v) is 4.18. The van der Waals surface area contributed by atoms with Gasteiger partial charge in [-0.05, 0) is 53.0 Å². The average molecular weight is 374 g/mol. The van der Waals surface area contributed by atoms with Crippen LogP contribution in [0.5, 0.6) is 0 Å². The van der Waals surface area contributed by atoms with Crippen molar-refractivity contribution in [2.24, 2.45) is 10.8 Å². The maximum absolute atomic E-state index is 12.1.